The highest BCUT2D eigenvalue weighted by Crippen LogP contribution is 2.26. The quantitative estimate of drug-likeness (QED) is 0.714. The van der Waals surface area contributed by atoms with Gasteiger partial charge in [0, 0.05) is 11.9 Å². The number of hydrogen-bond donors (Lipinski definition) is 0. The Morgan fingerprint density at radius 3 is 2.65 bits per heavy atom. The fraction of sp³-hybridized carbons (Fsp3) is 0.267. The number of nitrogens with zero attached hydrogens (tertiary/aromatic N) is 1. The Labute approximate surface area is 102 Å². The zero-order chi connectivity index (χ0) is 12.1. The van der Waals surface area contributed by atoms with Crippen molar-refractivity contribution in [2.24, 2.45) is 0 Å². The van der Waals surface area contributed by atoms with Crippen LogP contribution in [0.15, 0.2) is 42.5 Å². The van der Waals surface area contributed by atoms with Crippen LogP contribution in [0.25, 0.3) is 10.8 Å². The Morgan fingerprint density at radius 2 is 1.88 bits per heavy atom. The SMILES string of the molecule is CCCCN([C]=O)c1cccc2ccccc12. The third kappa shape index (κ3) is 2.47. The molecule has 2 aromatic rings. The van der Waals surface area contributed by atoms with Gasteiger partial charge >= 0.3 is 6.41 Å². The van der Waals surface area contributed by atoms with Crippen molar-refractivity contribution in [2.45, 2.75) is 19.8 Å². The minimum absolute atomic E-state index is 0.730. The molecule has 0 spiro atoms. The molecule has 87 valence electrons. The molecule has 0 aliphatic heterocycles. The maximum absolute atomic E-state index is 11.1. The zero-order valence-corrected chi connectivity index (χ0v) is 10.0. The summed E-state index contributed by atoms with van der Waals surface area (Å²) in [5.41, 5.74) is 0.951. The molecule has 2 heteroatoms. The standard InChI is InChI=1S/C15H16NO/c1-2-3-11-16(12-17)15-10-6-8-13-7-4-5-9-14(13)15/h4-10H,2-3,11H2,1H3. The number of benzene rings is 2. The van der Waals surface area contributed by atoms with Crippen molar-refractivity contribution < 1.29 is 4.79 Å². The second kappa shape index (κ2) is 5.48. The average Bonchev–Trinajstić information content (AvgIpc) is 2.40. The average molecular weight is 226 g/mol. The van der Waals surface area contributed by atoms with Crippen LogP contribution in [0, 0.1) is 0 Å². The molecular weight excluding hydrogens is 210 g/mol. The van der Waals surface area contributed by atoms with Crippen molar-refractivity contribution >= 4 is 22.9 Å². The number of unbranched alkanes of at least 4 members (excludes halogenated alkanes) is 1. The Kier molecular flexibility index (Phi) is 3.76. The summed E-state index contributed by atoms with van der Waals surface area (Å²) < 4.78 is 0. The molecule has 2 nitrogen and oxygen atoms in total. The minimum atomic E-state index is 0.730. The summed E-state index contributed by atoms with van der Waals surface area (Å²) in [6.45, 7) is 2.85. The lowest BCUT2D eigenvalue weighted by molar-refractivity contribution is 0.550. The van der Waals surface area contributed by atoms with Gasteiger partial charge in [0.15, 0.2) is 0 Å². The van der Waals surface area contributed by atoms with E-state index < -0.39 is 0 Å². The van der Waals surface area contributed by atoms with E-state index in [4.69, 9.17) is 0 Å². The Bertz CT molecular complexity index is 502. The van der Waals surface area contributed by atoms with E-state index in [-0.39, 0.29) is 0 Å². The molecule has 2 rings (SSSR count). The Balaban J connectivity index is 2.42. The Morgan fingerprint density at radius 1 is 1.12 bits per heavy atom. The third-order valence-electron chi connectivity index (χ3n) is 2.90. The largest absolute Gasteiger partial charge is 0.316 e. The second-order valence-electron chi connectivity index (χ2n) is 4.09. The summed E-state index contributed by atoms with van der Waals surface area (Å²) in [5, 5.41) is 2.26. The van der Waals surface area contributed by atoms with E-state index in [1.165, 1.54) is 0 Å². The van der Waals surface area contributed by atoms with Crippen molar-refractivity contribution in [3.8, 4) is 0 Å². The molecule has 0 aromatic heterocycles. The Hall–Kier alpha value is -1.83. The summed E-state index contributed by atoms with van der Waals surface area (Å²) in [6.07, 6.45) is 4.10. The van der Waals surface area contributed by atoms with Crippen LogP contribution in [-0.2, 0) is 4.79 Å². The second-order valence-corrected chi connectivity index (χ2v) is 4.09. The van der Waals surface area contributed by atoms with E-state index in [1.807, 2.05) is 36.7 Å². The number of rotatable bonds is 5. The summed E-state index contributed by atoms with van der Waals surface area (Å²) >= 11 is 0. The highest BCUT2D eigenvalue weighted by atomic mass is 16.1. The van der Waals surface area contributed by atoms with Crippen molar-refractivity contribution in [2.75, 3.05) is 11.4 Å². The molecular formula is C15H16NO. The number of amides is 1. The third-order valence-corrected chi connectivity index (χ3v) is 2.90. The van der Waals surface area contributed by atoms with E-state index in [2.05, 4.69) is 19.1 Å². The van der Waals surface area contributed by atoms with Crippen molar-refractivity contribution in [1.29, 1.82) is 0 Å². The molecule has 0 saturated carbocycles. The van der Waals surface area contributed by atoms with Gasteiger partial charge in [0.2, 0.25) is 0 Å². The fourth-order valence-electron chi connectivity index (χ4n) is 1.98. The predicted molar refractivity (Wildman–Crippen MR) is 71.9 cm³/mol. The van der Waals surface area contributed by atoms with E-state index >= 15 is 0 Å². The van der Waals surface area contributed by atoms with Gasteiger partial charge in [0.25, 0.3) is 0 Å². The van der Waals surface area contributed by atoms with E-state index in [9.17, 15) is 4.79 Å². The van der Waals surface area contributed by atoms with Crippen molar-refractivity contribution in [1.82, 2.24) is 0 Å². The first-order valence-electron chi connectivity index (χ1n) is 6.00. The highest BCUT2D eigenvalue weighted by Gasteiger charge is 2.08. The van der Waals surface area contributed by atoms with Gasteiger partial charge in [-0.2, -0.15) is 0 Å². The lowest BCUT2D eigenvalue weighted by Gasteiger charge is -2.18. The van der Waals surface area contributed by atoms with Gasteiger partial charge in [0.1, 0.15) is 0 Å². The monoisotopic (exact) mass is 226 g/mol. The lowest BCUT2D eigenvalue weighted by atomic mass is 10.1. The number of anilines is 1. The van der Waals surface area contributed by atoms with Crippen LogP contribution in [0.3, 0.4) is 0 Å². The van der Waals surface area contributed by atoms with Crippen LogP contribution < -0.4 is 4.90 Å². The number of fused-ring (bicyclic) bond motifs is 1. The van der Waals surface area contributed by atoms with Gasteiger partial charge in [-0.15, -0.1) is 0 Å². The molecule has 0 heterocycles. The van der Waals surface area contributed by atoms with E-state index in [0.29, 0.717) is 0 Å². The maximum atomic E-state index is 11.1. The van der Waals surface area contributed by atoms with Gasteiger partial charge in [-0.05, 0) is 17.9 Å². The van der Waals surface area contributed by atoms with Crippen LogP contribution in [0.5, 0.6) is 0 Å². The van der Waals surface area contributed by atoms with Crippen LogP contribution >= 0.6 is 0 Å². The van der Waals surface area contributed by atoms with E-state index in [1.54, 1.807) is 4.90 Å². The van der Waals surface area contributed by atoms with Gasteiger partial charge in [0.05, 0.1) is 5.69 Å². The molecule has 0 saturated heterocycles. The molecule has 0 aliphatic carbocycles. The van der Waals surface area contributed by atoms with Gasteiger partial charge in [-0.1, -0.05) is 49.7 Å². The summed E-state index contributed by atoms with van der Waals surface area (Å²) in [6, 6.07) is 14.1. The highest BCUT2D eigenvalue weighted by molar-refractivity contribution is 5.98. The normalized spacial score (nSPS) is 10.4. The molecule has 2 aromatic carbocycles. The molecule has 0 N–H and O–H groups in total. The topological polar surface area (TPSA) is 20.3 Å². The number of hydrogen-bond acceptors (Lipinski definition) is 1. The van der Waals surface area contributed by atoms with Gasteiger partial charge in [-0.25, -0.2) is 0 Å². The van der Waals surface area contributed by atoms with E-state index in [0.717, 1.165) is 35.8 Å². The smallest absolute Gasteiger partial charge is 0.304 e. The van der Waals surface area contributed by atoms with Crippen LogP contribution in [0.1, 0.15) is 19.8 Å². The summed E-state index contributed by atoms with van der Waals surface area (Å²) in [5.74, 6) is 0. The molecule has 0 aliphatic rings. The fourth-order valence-corrected chi connectivity index (χ4v) is 1.98. The molecule has 0 fully saturated rings. The first-order chi connectivity index (χ1) is 8.36. The first kappa shape index (κ1) is 11.6. The van der Waals surface area contributed by atoms with Crippen LogP contribution in [0.2, 0.25) is 0 Å². The minimum Gasteiger partial charge on any atom is -0.304 e. The van der Waals surface area contributed by atoms with Crippen LogP contribution in [-0.4, -0.2) is 13.0 Å². The zero-order valence-electron chi connectivity index (χ0n) is 10.0. The van der Waals surface area contributed by atoms with Crippen molar-refractivity contribution in [3.05, 3.63) is 42.5 Å². The molecule has 0 bridgehead atoms. The van der Waals surface area contributed by atoms with Gasteiger partial charge < -0.3 is 4.90 Å². The molecule has 1 amide bonds. The first-order valence-corrected chi connectivity index (χ1v) is 6.00. The maximum Gasteiger partial charge on any atom is 0.316 e. The number of carbonyl (C=O) groups excluding carboxylic acids is 1. The molecule has 17 heavy (non-hydrogen) atoms. The molecule has 1 radical (unpaired) electrons. The molecule has 0 unspecified atom stereocenters. The van der Waals surface area contributed by atoms with Gasteiger partial charge in [-0.3, -0.25) is 4.79 Å². The lowest BCUT2D eigenvalue weighted by Crippen LogP contribution is -2.22. The predicted octanol–water partition coefficient (Wildman–Crippen LogP) is 3.51. The summed E-state index contributed by atoms with van der Waals surface area (Å²) in [4.78, 5) is 12.7. The van der Waals surface area contributed by atoms with Crippen molar-refractivity contribution in [3.63, 3.8) is 0 Å². The van der Waals surface area contributed by atoms with Crippen LogP contribution in [0.4, 0.5) is 5.69 Å². The molecule has 0 atom stereocenters. The summed E-state index contributed by atoms with van der Waals surface area (Å²) in [7, 11) is 0.